The smallest absolute Gasteiger partial charge is 0.258 e. The van der Waals surface area contributed by atoms with Crippen molar-refractivity contribution in [3.8, 4) is 0 Å². The number of hydrogen-bond acceptors (Lipinski definition) is 1. The molecular weight excluding hydrogens is 253 g/mol. The number of anilines is 1. The van der Waals surface area contributed by atoms with E-state index >= 15 is 0 Å². The van der Waals surface area contributed by atoms with Gasteiger partial charge >= 0.3 is 0 Å². The Bertz CT molecular complexity index is 679. The summed E-state index contributed by atoms with van der Waals surface area (Å²) in [6, 6.07) is 10.8. The Morgan fingerprint density at radius 2 is 1.95 bits per heavy atom. The molecule has 3 heteroatoms. The summed E-state index contributed by atoms with van der Waals surface area (Å²) < 4.78 is 13.9. The van der Waals surface area contributed by atoms with E-state index < -0.39 is 11.7 Å². The summed E-state index contributed by atoms with van der Waals surface area (Å²) in [4.78, 5) is 12.1. The summed E-state index contributed by atoms with van der Waals surface area (Å²) in [7, 11) is 0. The van der Waals surface area contributed by atoms with Crippen LogP contribution in [0.25, 0.3) is 0 Å². The lowest BCUT2D eigenvalue weighted by atomic mass is 10.1. The van der Waals surface area contributed by atoms with Crippen LogP contribution in [-0.2, 0) is 12.8 Å². The van der Waals surface area contributed by atoms with Crippen LogP contribution >= 0.6 is 0 Å². The maximum atomic E-state index is 13.9. The zero-order chi connectivity index (χ0) is 14.1. The lowest BCUT2D eigenvalue weighted by Gasteiger charge is -2.09. The first-order valence-corrected chi connectivity index (χ1v) is 6.83. The van der Waals surface area contributed by atoms with Gasteiger partial charge in [-0.2, -0.15) is 0 Å². The second-order valence-corrected chi connectivity index (χ2v) is 5.23. The Balaban J connectivity index is 1.84. The molecule has 102 valence electrons. The quantitative estimate of drug-likeness (QED) is 0.880. The number of carbonyl (C=O) groups excluding carboxylic acids is 1. The average molecular weight is 269 g/mol. The Morgan fingerprint density at radius 1 is 1.15 bits per heavy atom. The fourth-order valence-electron chi connectivity index (χ4n) is 2.67. The lowest BCUT2D eigenvalue weighted by molar-refractivity contribution is 0.102. The Morgan fingerprint density at radius 3 is 2.80 bits per heavy atom. The monoisotopic (exact) mass is 269 g/mol. The molecular formula is C17H16FNO. The van der Waals surface area contributed by atoms with Gasteiger partial charge in [-0.3, -0.25) is 4.79 Å². The van der Waals surface area contributed by atoms with Crippen molar-refractivity contribution in [2.45, 2.75) is 26.2 Å². The molecule has 3 rings (SSSR count). The highest BCUT2D eigenvalue weighted by molar-refractivity contribution is 6.04. The van der Waals surface area contributed by atoms with Crippen molar-refractivity contribution in [1.29, 1.82) is 0 Å². The number of carbonyl (C=O) groups is 1. The zero-order valence-corrected chi connectivity index (χ0v) is 11.4. The van der Waals surface area contributed by atoms with E-state index in [1.807, 2.05) is 18.2 Å². The number of aryl methyl sites for hydroxylation is 3. The molecule has 0 fully saturated rings. The van der Waals surface area contributed by atoms with Gasteiger partial charge in [0.05, 0.1) is 5.56 Å². The van der Waals surface area contributed by atoms with Crippen LogP contribution in [0.1, 0.15) is 33.5 Å². The van der Waals surface area contributed by atoms with Gasteiger partial charge in [-0.1, -0.05) is 18.2 Å². The highest BCUT2D eigenvalue weighted by Crippen LogP contribution is 2.25. The van der Waals surface area contributed by atoms with Crippen LogP contribution < -0.4 is 5.32 Å². The number of benzene rings is 2. The van der Waals surface area contributed by atoms with E-state index in [0.29, 0.717) is 5.56 Å². The van der Waals surface area contributed by atoms with E-state index in [4.69, 9.17) is 0 Å². The third-order valence-corrected chi connectivity index (χ3v) is 3.79. The summed E-state index contributed by atoms with van der Waals surface area (Å²) >= 11 is 0. The minimum Gasteiger partial charge on any atom is -0.322 e. The van der Waals surface area contributed by atoms with Crippen LogP contribution in [0.2, 0.25) is 0 Å². The van der Waals surface area contributed by atoms with Gasteiger partial charge in [0.1, 0.15) is 5.82 Å². The van der Waals surface area contributed by atoms with Crippen LogP contribution in [0.15, 0.2) is 36.4 Å². The predicted molar refractivity (Wildman–Crippen MR) is 77.6 cm³/mol. The molecule has 20 heavy (non-hydrogen) atoms. The van der Waals surface area contributed by atoms with Crippen molar-refractivity contribution in [3.63, 3.8) is 0 Å². The topological polar surface area (TPSA) is 29.1 Å². The molecule has 0 unspecified atom stereocenters. The SMILES string of the molecule is Cc1cccc(C(=O)Nc2ccc3c(c2)CCC3)c1F. The third-order valence-electron chi connectivity index (χ3n) is 3.79. The van der Waals surface area contributed by atoms with E-state index in [0.717, 1.165) is 18.5 Å². The summed E-state index contributed by atoms with van der Waals surface area (Å²) in [5.74, 6) is -0.852. The van der Waals surface area contributed by atoms with Crippen molar-refractivity contribution in [2.75, 3.05) is 5.32 Å². The molecule has 1 amide bonds. The van der Waals surface area contributed by atoms with Crippen LogP contribution in [-0.4, -0.2) is 5.91 Å². The normalized spacial score (nSPS) is 13.1. The molecule has 1 N–H and O–H groups in total. The fraction of sp³-hybridized carbons (Fsp3) is 0.235. The van der Waals surface area contributed by atoms with Gasteiger partial charge in [0.15, 0.2) is 0 Å². The molecule has 0 heterocycles. The fourth-order valence-corrected chi connectivity index (χ4v) is 2.67. The van der Waals surface area contributed by atoms with Crippen molar-refractivity contribution >= 4 is 11.6 Å². The average Bonchev–Trinajstić information content (AvgIpc) is 2.89. The Labute approximate surface area is 117 Å². The maximum Gasteiger partial charge on any atom is 0.258 e. The van der Waals surface area contributed by atoms with Gasteiger partial charge in [-0.05, 0) is 61.1 Å². The van der Waals surface area contributed by atoms with Gasteiger partial charge in [-0.15, -0.1) is 0 Å². The van der Waals surface area contributed by atoms with Crippen molar-refractivity contribution in [1.82, 2.24) is 0 Å². The minimum atomic E-state index is -0.453. The maximum absolute atomic E-state index is 13.9. The van der Waals surface area contributed by atoms with E-state index in [1.165, 1.54) is 23.6 Å². The number of nitrogens with one attached hydrogen (secondary N) is 1. The second-order valence-electron chi connectivity index (χ2n) is 5.23. The van der Waals surface area contributed by atoms with Crippen LogP contribution in [0, 0.1) is 12.7 Å². The van der Waals surface area contributed by atoms with E-state index in [1.54, 1.807) is 19.1 Å². The number of rotatable bonds is 2. The molecule has 0 saturated carbocycles. The predicted octanol–water partition coefficient (Wildman–Crippen LogP) is 3.88. The molecule has 0 atom stereocenters. The number of fused-ring (bicyclic) bond motifs is 1. The Kier molecular flexibility index (Phi) is 3.26. The largest absolute Gasteiger partial charge is 0.322 e. The lowest BCUT2D eigenvalue weighted by Crippen LogP contribution is -2.14. The van der Waals surface area contributed by atoms with Crippen LogP contribution in [0.5, 0.6) is 0 Å². The molecule has 0 saturated heterocycles. The third kappa shape index (κ3) is 2.31. The molecule has 0 aliphatic heterocycles. The summed E-state index contributed by atoms with van der Waals surface area (Å²) in [5, 5.41) is 2.78. The summed E-state index contributed by atoms with van der Waals surface area (Å²) in [5.41, 5.74) is 3.94. The minimum absolute atomic E-state index is 0.0884. The molecule has 1 aliphatic rings. The molecule has 0 radical (unpaired) electrons. The molecule has 1 aliphatic carbocycles. The van der Waals surface area contributed by atoms with E-state index in [2.05, 4.69) is 5.32 Å². The summed E-state index contributed by atoms with van der Waals surface area (Å²) in [6.45, 7) is 1.65. The van der Waals surface area contributed by atoms with Gasteiger partial charge in [0, 0.05) is 5.69 Å². The zero-order valence-electron chi connectivity index (χ0n) is 11.4. The van der Waals surface area contributed by atoms with E-state index in [-0.39, 0.29) is 5.56 Å². The standard InChI is InChI=1S/C17H16FNO/c1-11-4-2-7-15(16(11)18)17(20)19-14-9-8-12-5-3-6-13(12)10-14/h2,4,7-10H,3,5-6H2,1H3,(H,19,20). The number of amides is 1. The second kappa shape index (κ2) is 5.08. The van der Waals surface area contributed by atoms with Crippen molar-refractivity contribution < 1.29 is 9.18 Å². The highest BCUT2D eigenvalue weighted by atomic mass is 19.1. The van der Waals surface area contributed by atoms with Crippen LogP contribution in [0.4, 0.5) is 10.1 Å². The van der Waals surface area contributed by atoms with Crippen molar-refractivity contribution in [3.05, 3.63) is 64.5 Å². The van der Waals surface area contributed by atoms with Gasteiger partial charge < -0.3 is 5.32 Å². The molecule has 2 aromatic carbocycles. The molecule has 0 spiro atoms. The van der Waals surface area contributed by atoms with Gasteiger partial charge in [0.25, 0.3) is 5.91 Å². The van der Waals surface area contributed by atoms with Gasteiger partial charge in [-0.25, -0.2) is 4.39 Å². The van der Waals surface area contributed by atoms with Crippen LogP contribution in [0.3, 0.4) is 0 Å². The van der Waals surface area contributed by atoms with Gasteiger partial charge in [0.2, 0.25) is 0 Å². The van der Waals surface area contributed by atoms with E-state index in [9.17, 15) is 9.18 Å². The summed E-state index contributed by atoms with van der Waals surface area (Å²) in [6.07, 6.45) is 3.33. The first-order chi connectivity index (χ1) is 9.65. The highest BCUT2D eigenvalue weighted by Gasteiger charge is 2.15. The van der Waals surface area contributed by atoms with Crippen molar-refractivity contribution in [2.24, 2.45) is 0 Å². The molecule has 2 aromatic rings. The number of halogens is 1. The number of hydrogen-bond donors (Lipinski definition) is 1. The first-order valence-electron chi connectivity index (χ1n) is 6.83. The molecule has 0 bridgehead atoms. The first kappa shape index (κ1) is 12.9. The molecule has 0 aromatic heterocycles. The molecule has 2 nitrogen and oxygen atoms in total. The Hall–Kier alpha value is -2.16.